The van der Waals surface area contributed by atoms with Crippen LogP contribution in [0.3, 0.4) is 0 Å². The van der Waals surface area contributed by atoms with Gasteiger partial charge in [-0.25, -0.2) is 0 Å². The highest BCUT2D eigenvalue weighted by molar-refractivity contribution is 5.70. The summed E-state index contributed by atoms with van der Waals surface area (Å²) >= 11 is 0. The summed E-state index contributed by atoms with van der Waals surface area (Å²) in [5.41, 5.74) is 0. The van der Waals surface area contributed by atoms with Gasteiger partial charge in [-0.2, -0.15) is 0 Å². The fourth-order valence-electron chi connectivity index (χ4n) is 4.05. The molecule has 3 atom stereocenters. The van der Waals surface area contributed by atoms with Gasteiger partial charge in [0.15, 0.2) is 0 Å². The van der Waals surface area contributed by atoms with Crippen LogP contribution < -0.4 is 0 Å². The Hall–Kier alpha value is -0.610. The Morgan fingerprint density at radius 1 is 1.17 bits per heavy atom. The fraction of sp³-hybridized carbons (Fsp3) is 0.929. The average Bonchev–Trinajstić information content (AvgIpc) is 2.51. The van der Waals surface area contributed by atoms with Gasteiger partial charge in [0.2, 0.25) is 0 Å². The lowest BCUT2D eigenvalue weighted by molar-refractivity contribution is -0.146. The number of likely N-dealkylation sites (tertiary alicyclic amines) is 1. The van der Waals surface area contributed by atoms with Crippen LogP contribution in [0, 0.1) is 11.8 Å². The summed E-state index contributed by atoms with van der Waals surface area (Å²) in [6.45, 7) is 3.85. The van der Waals surface area contributed by atoms with Gasteiger partial charge in [0.1, 0.15) is 0 Å². The third kappa shape index (κ3) is 1.95. The van der Waals surface area contributed by atoms with Crippen molar-refractivity contribution >= 4 is 5.97 Å². The second-order valence-electron chi connectivity index (χ2n) is 6.52. The van der Waals surface area contributed by atoms with Crippen LogP contribution >= 0.6 is 0 Å². The molecule has 3 saturated heterocycles. The molecule has 3 aliphatic heterocycles. The molecule has 2 bridgehead atoms. The second-order valence-corrected chi connectivity index (χ2v) is 6.52. The van der Waals surface area contributed by atoms with E-state index in [9.17, 15) is 4.79 Å². The highest BCUT2D eigenvalue weighted by Gasteiger charge is 2.44. The van der Waals surface area contributed by atoms with Gasteiger partial charge < -0.3 is 10.0 Å². The maximum Gasteiger partial charge on any atom is 0.306 e. The van der Waals surface area contributed by atoms with Crippen LogP contribution in [-0.4, -0.2) is 59.1 Å². The molecular weight excluding hydrogens is 228 g/mol. The van der Waals surface area contributed by atoms with Gasteiger partial charge in [-0.15, -0.1) is 0 Å². The van der Waals surface area contributed by atoms with Gasteiger partial charge in [0.25, 0.3) is 0 Å². The van der Waals surface area contributed by atoms with Crippen LogP contribution in [0.25, 0.3) is 0 Å². The van der Waals surface area contributed by atoms with Crippen molar-refractivity contribution < 1.29 is 9.90 Å². The van der Waals surface area contributed by atoms with Crippen LogP contribution in [0.4, 0.5) is 0 Å². The second kappa shape index (κ2) is 4.49. The van der Waals surface area contributed by atoms with Crippen LogP contribution in [0.5, 0.6) is 0 Å². The molecule has 1 N–H and O–H groups in total. The standard InChI is InChI=1S/C14H24N2O2/c1-9(14(17)18)10-7-16(8-10)13-5-11-3-4-12(6-13)15(11)2/h9-13H,3-8H2,1-2H3,(H,17,18). The minimum atomic E-state index is -0.636. The van der Waals surface area contributed by atoms with E-state index < -0.39 is 5.97 Å². The number of rotatable bonds is 3. The number of nitrogens with zero attached hydrogens (tertiary/aromatic N) is 2. The Kier molecular flexibility index (Phi) is 3.10. The summed E-state index contributed by atoms with van der Waals surface area (Å²) in [5, 5.41) is 9.02. The molecule has 102 valence electrons. The van der Waals surface area contributed by atoms with E-state index in [2.05, 4.69) is 16.8 Å². The number of carboxylic acids is 1. The first kappa shape index (κ1) is 12.4. The largest absolute Gasteiger partial charge is 0.481 e. The van der Waals surface area contributed by atoms with Crippen LogP contribution in [0.2, 0.25) is 0 Å². The molecule has 0 radical (unpaired) electrons. The number of fused-ring (bicyclic) bond motifs is 2. The van der Waals surface area contributed by atoms with Gasteiger partial charge in [-0.1, -0.05) is 6.92 Å². The molecule has 3 aliphatic rings. The lowest BCUT2D eigenvalue weighted by Crippen LogP contribution is -2.58. The summed E-state index contributed by atoms with van der Waals surface area (Å²) in [4.78, 5) is 16.0. The molecule has 0 aromatic heterocycles. The highest BCUT2D eigenvalue weighted by atomic mass is 16.4. The van der Waals surface area contributed by atoms with E-state index in [0.717, 1.165) is 31.2 Å². The molecule has 3 fully saturated rings. The van der Waals surface area contributed by atoms with Crippen LogP contribution in [0.15, 0.2) is 0 Å². The SMILES string of the molecule is CC(C(=O)O)C1CN(C2CC3CCC(C2)N3C)C1. The lowest BCUT2D eigenvalue weighted by Gasteiger charge is -2.49. The van der Waals surface area contributed by atoms with Crippen LogP contribution in [0.1, 0.15) is 32.6 Å². The van der Waals surface area contributed by atoms with Crippen LogP contribution in [-0.2, 0) is 4.79 Å². The van der Waals surface area contributed by atoms with Crippen molar-refractivity contribution in [3.63, 3.8) is 0 Å². The zero-order valence-electron chi connectivity index (χ0n) is 11.4. The maximum atomic E-state index is 10.9. The summed E-state index contributed by atoms with van der Waals surface area (Å²) in [5.74, 6) is -0.438. The normalized spacial score (nSPS) is 39.6. The molecule has 18 heavy (non-hydrogen) atoms. The number of aliphatic carboxylic acids is 1. The van der Waals surface area contributed by atoms with Crippen molar-refractivity contribution in [2.75, 3.05) is 20.1 Å². The van der Waals surface area contributed by atoms with Crippen molar-refractivity contribution in [1.82, 2.24) is 9.80 Å². The predicted molar refractivity (Wildman–Crippen MR) is 69.5 cm³/mol. The van der Waals surface area contributed by atoms with E-state index in [0.29, 0.717) is 5.92 Å². The molecule has 3 unspecified atom stereocenters. The van der Waals surface area contributed by atoms with Gasteiger partial charge in [-0.05, 0) is 38.6 Å². The average molecular weight is 252 g/mol. The van der Waals surface area contributed by atoms with Gasteiger partial charge >= 0.3 is 5.97 Å². The number of hydrogen-bond acceptors (Lipinski definition) is 3. The van der Waals surface area contributed by atoms with Gasteiger partial charge in [-0.3, -0.25) is 9.69 Å². The Morgan fingerprint density at radius 3 is 2.22 bits per heavy atom. The van der Waals surface area contributed by atoms with E-state index in [1.54, 1.807) is 0 Å². The van der Waals surface area contributed by atoms with Gasteiger partial charge in [0, 0.05) is 31.2 Å². The summed E-state index contributed by atoms with van der Waals surface area (Å²) < 4.78 is 0. The first-order valence-electron chi connectivity index (χ1n) is 7.25. The fourth-order valence-corrected chi connectivity index (χ4v) is 4.05. The topological polar surface area (TPSA) is 43.8 Å². The predicted octanol–water partition coefficient (Wildman–Crippen LogP) is 1.26. The highest BCUT2D eigenvalue weighted by Crippen LogP contribution is 2.39. The number of hydrogen-bond donors (Lipinski definition) is 1. The molecule has 4 nitrogen and oxygen atoms in total. The summed E-state index contributed by atoms with van der Waals surface area (Å²) in [7, 11) is 2.27. The summed E-state index contributed by atoms with van der Waals surface area (Å²) in [6, 6.07) is 2.28. The van der Waals surface area contributed by atoms with E-state index >= 15 is 0 Å². The molecule has 0 spiro atoms. The third-order valence-electron chi connectivity index (χ3n) is 5.62. The summed E-state index contributed by atoms with van der Waals surface area (Å²) in [6.07, 6.45) is 5.31. The lowest BCUT2D eigenvalue weighted by atomic mass is 9.83. The van der Waals surface area contributed by atoms with E-state index in [4.69, 9.17) is 5.11 Å². The molecule has 0 amide bonds. The Morgan fingerprint density at radius 2 is 1.72 bits per heavy atom. The molecule has 3 rings (SSSR count). The first-order valence-corrected chi connectivity index (χ1v) is 7.25. The molecule has 4 heteroatoms. The van der Waals surface area contributed by atoms with E-state index in [1.807, 2.05) is 6.92 Å². The van der Waals surface area contributed by atoms with Crippen molar-refractivity contribution in [3.8, 4) is 0 Å². The zero-order chi connectivity index (χ0) is 12.9. The minimum absolute atomic E-state index is 0.177. The quantitative estimate of drug-likeness (QED) is 0.821. The molecule has 0 aromatic rings. The van der Waals surface area contributed by atoms with Crippen molar-refractivity contribution in [2.45, 2.75) is 50.7 Å². The van der Waals surface area contributed by atoms with E-state index in [-0.39, 0.29) is 5.92 Å². The monoisotopic (exact) mass is 252 g/mol. The Bertz CT molecular complexity index is 327. The maximum absolute atomic E-state index is 10.9. The first-order chi connectivity index (χ1) is 8.56. The van der Waals surface area contributed by atoms with Crippen molar-refractivity contribution in [3.05, 3.63) is 0 Å². The Balaban J connectivity index is 1.52. The Labute approximate surface area is 109 Å². The minimum Gasteiger partial charge on any atom is -0.481 e. The molecular formula is C14H24N2O2. The van der Waals surface area contributed by atoms with E-state index in [1.165, 1.54) is 25.7 Å². The number of carboxylic acid groups (broad SMARTS) is 1. The van der Waals surface area contributed by atoms with Crippen molar-refractivity contribution in [1.29, 1.82) is 0 Å². The van der Waals surface area contributed by atoms with Crippen molar-refractivity contribution in [2.24, 2.45) is 11.8 Å². The number of carbonyl (C=O) groups is 1. The number of piperidine rings is 1. The zero-order valence-corrected chi connectivity index (χ0v) is 11.4. The molecule has 3 heterocycles. The van der Waals surface area contributed by atoms with Gasteiger partial charge in [0.05, 0.1) is 5.92 Å². The smallest absolute Gasteiger partial charge is 0.306 e. The third-order valence-corrected chi connectivity index (χ3v) is 5.62. The molecule has 0 aromatic carbocycles. The molecule has 0 saturated carbocycles. The molecule has 0 aliphatic carbocycles.